The van der Waals surface area contributed by atoms with Gasteiger partial charge in [-0.3, -0.25) is 14.4 Å². The molecular weight excluding hydrogens is 404 g/mol. The Balaban J connectivity index is 1.69. The zero-order valence-corrected chi connectivity index (χ0v) is 16.6. The van der Waals surface area contributed by atoms with Crippen LogP contribution in [0.1, 0.15) is 30.4 Å². The summed E-state index contributed by atoms with van der Waals surface area (Å²) in [6.45, 7) is 1.70. The van der Waals surface area contributed by atoms with Crippen molar-refractivity contribution in [1.82, 2.24) is 0 Å². The number of nitrogens with zero attached hydrogens (tertiary/aromatic N) is 1. The van der Waals surface area contributed by atoms with Crippen LogP contribution in [0.4, 0.5) is 5.69 Å². The van der Waals surface area contributed by atoms with Crippen LogP contribution >= 0.6 is 0 Å². The fourth-order valence-electron chi connectivity index (χ4n) is 5.46. The van der Waals surface area contributed by atoms with Gasteiger partial charge in [-0.25, -0.2) is 0 Å². The van der Waals surface area contributed by atoms with Gasteiger partial charge in [-0.15, -0.1) is 0 Å². The molecule has 0 spiro atoms. The molecule has 5 rings (SSSR count). The Bertz CT molecular complexity index is 1130. The molecule has 31 heavy (non-hydrogen) atoms. The number of hydrogen-bond donors (Lipinski definition) is 5. The molecule has 0 radical (unpaired) electrons. The minimum Gasteiger partial charge on any atom is -0.508 e. The maximum Gasteiger partial charge on any atom is 0.255 e. The van der Waals surface area contributed by atoms with E-state index in [-0.39, 0.29) is 29.7 Å². The summed E-state index contributed by atoms with van der Waals surface area (Å²) in [5.74, 6) is -6.10. The Hall–Kier alpha value is -3.33. The number of carbonyl (C=O) groups excluding carboxylic acids is 3. The maximum atomic E-state index is 13.4. The van der Waals surface area contributed by atoms with Crippen LogP contribution in [0.5, 0.6) is 5.75 Å². The first-order valence-electron chi connectivity index (χ1n) is 10.2. The molecule has 1 amide bonds. The van der Waals surface area contributed by atoms with Crippen molar-refractivity contribution in [3.63, 3.8) is 0 Å². The molecule has 6 N–H and O–H groups in total. The van der Waals surface area contributed by atoms with Gasteiger partial charge in [0.2, 0.25) is 5.78 Å². The number of phenols is 1. The number of aromatic hydroxyl groups is 1. The van der Waals surface area contributed by atoms with E-state index in [0.717, 1.165) is 25.2 Å². The van der Waals surface area contributed by atoms with Crippen molar-refractivity contribution in [2.24, 2.45) is 17.6 Å². The van der Waals surface area contributed by atoms with Gasteiger partial charge in [0, 0.05) is 36.7 Å². The van der Waals surface area contributed by atoms with Gasteiger partial charge in [0.15, 0.2) is 11.4 Å². The normalized spacial score (nSPS) is 29.9. The third-order valence-corrected chi connectivity index (χ3v) is 7.12. The minimum atomic E-state index is -2.53. The predicted octanol–water partition coefficient (Wildman–Crippen LogP) is 0.634. The molecule has 1 saturated heterocycles. The summed E-state index contributed by atoms with van der Waals surface area (Å²) in [4.78, 5) is 39.5. The van der Waals surface area contributed by atoms with Crippen molar-refractivity contribution in [3.8, 4) is 5.75 Å². The highest BCUT2D eigenvalue weighted by Crippen LogP contribution is 2.53. The molecule has 3 atom stereocenters. The second-order valence-corrected chi connectivity index (χ2v) is 8.70. The molecular formula is C22H22N2O7. The Morgan fingerprint density at radius 1 is 1.13 bits per heavy atom. The number of nitrogens with two attached hydrogens (primary N) is 1. The molecule has 0 bridgehead atoms. The number of rotatable bonds is 2. The number of Topliss-reactive ketones (excluding diaryl/α,β-unsaturated/α-hetero) is 2. The Morgan fingerprint density at radius 2 is 1.84 bits per heavy atom. The number of aliphatic hydroxyl groups excluding tert-OH is 2. The van der Waals surface area contributed by atoms with E-state index in [1.54, 1.807) is 6.07 Å². The fraction of sp³-hybridized carbons (Fsp3) is 0.409. The van der Waals surface area contributed by atoms with Gasteiger partial charge in [0.1, 0.15) is 22.8 Å². The van der Waals surface area contributed by atoms with Crippen LogP contribution in [-0.2, 0) is 20.8 Å². The number of amides is 1. The summed E-state index contributed by atoms with van der Waals surface area (Å²) in [5, 5.41) is 43.2. The summed E-state index contributed by atoms with van der Waals surface area (Å²) in [7, 11) is 0. The molecule has 1 heterocycles. The van der Waals surface area contributed by atoms with Crippen LogP contribution in [0.3, 0.4) is 0 Å². The second kappa shape index (κ2) is 6.34. The number of benzene rings is 1. The van der Waals surface area contributed by atoms with Gasteiger partial charge >= 0.3 is 0 Å². The molecule has 162 valence electrons. The van der Waals surface area contributed by atoms with E-state index in [4.69, 9.17) is 5.73 Å². The molecule has 1 aromatic rings. The average molecular weight is 426 g/mol. The zero-order chi connectivity index (χ0) is 22.2. The number of aliphatic hydroxyl groups is 3. The monoisotopic (exact) mass is 426 g/mol. The van der Waals surface area contributed by atoms with Crippen molar-refractivity contribution >= 4 is 28.9 Å². The molecule has 4 aliphatic rings. The van der Waals surface area contributed by atoms with Crippen LogP contribution < -0.4 is 10.6 Å². The van der Waals surface area contributed by atoms with Gasteiger partial charge in [-0.2, -0.15) is 0 Å². The lowest BCUT2D eigenvalue weighted by molar-refractivity contribution is -0.147. The molecule has 2 unspecified atom stereocenters. The average Bonchev–Trinajstić information content (AvgIpc) is 2.65. The first-order chi connectivity index (χ1) is 14.7. The first kappa shape index (κ1) is 19.6. The van der Waals surface area contributed by atoms with Crippen LogP contribution in [0.15, 0.2) is 29.0 Å². The predicted molar refractivity (Wildman–Crippen MR) is 108 cm³/mol. The maximum absolute atomic E-state index is 13.4. The number of fused-ring (bicyclic) bond motifs is 3. The highest BCUT2D eigenvalue weighted by atomic mass is 16.3. The Labute approximate surface area is 177 Å². The lowest BCUT2D eigenvalue weighted by Gasteiger charge is -2.46. The fourth-order valence-corrected chi connectivity index (χ4v) is 5.46. The van der Waals surface area contributed by atoms with Crippen LogP contribution in [0, 0.1) is 11.8 Å². The SMILES string of the molecule is NC(=O)C1=C(O)[C@@]2(O)C(=O)C3=C(O)c4c(O)ccc(N5CCC5)c4CC3CC2CC1=O. The molecule has 3 aliphatic carbocycles. The van der Waals surface area contributed by atoms with Crippen LogP contribution in [0.25, 0.3) is 5.76 Å². The summed E-state index contributed by atoms with van der Waals surface area (Å²) in [5.41, 5.74) is 3.47. The highest BCUT2D eigenvalue weighted by molar-refractivity contribution is 6.22. The van der Waals surface area contributed by atoms with Gasteiger partial charge in [-0.05, 0) is 42.9 Å². The smallest absolute Gasteiger partial charge is 0.255 e. The highest BCUT2D eigenvalue weighted by Gasteiger charge is 2.60. The standard InChI is InChI=1S/C22H22N2O7/c23-21(30)17-14(26)8-10-6-9-7-11-12(24-4-1-5-24)2-3-13(25)16(11)18(27)15(9)19(28)22(10,31)20(17)29/h2-3,9-10,25,27,29,31H,1,4-8H2,(H2,23,30)/t9?,10?,22-/m0/s1. The van der Waals surface area contributed by atoms with Gasteiger partial charge in [0.05, 0.1) is 5.56 Å². The quantitative estimate of drug-likeness (QED) is 0.430. The van der Waals surface area contributed by atoms with Gasteiger partial charge in [-0.1, -0.05) is 0 Å². The topological polar surface area (TPSA) is 161 Å². The van der Waals surface area contributed by atoms with Gasteiger partial charge in [0.25, 0.3) is 5.91 Å². The first-order valence-corrected chi connectivity index (χ1v) is 10.2. The number of ketones is 2. The third-order valence-electron chi connectivity index (χ3n) is 7.12. The van der Waals surface area contributed by atoms with Crippen molar-refractivity contribution in [1.29, 1.82) is 0 Å². The number of carbonyl (C=O) groups is 3. The molecule has 9 heteroatoms. The Kier molecular flexibility index (Phi) is 4.01. The van der Waals surface area contributed by atoms with Gasteiger partial charge < -0.3 is 31.1 Å². The van der Waals surface area contributed by atoms with E-state index in [2.05, 4.69) is 4.90 Å². The summed E-state index contributed by atoms with van der Waals surface area (Å²) >= 11 is 0. The third kappa shape index (κ3) is 2.43. The lowest BCUT2D eigenvalue weighted by atomic mass is 9.59. The van der Waals surface area contributed by atoms with Crippen molar-refractivity contribution in [2.45, 2.75) is 31.3 Å². The summed E-state index contributed by atoms with van der Waals surface area (Å²) in [6.07, 6.45) is 1.18. The molecule has 0 aromatic heterocycles. The number of phenolic OH excluding ortho intramolecular Hbond substituents is 1. The number of hydrogen-bond acceptors (Lipinski definition) is 8. The van der Waals surface area contributed by atoms with Crippen molar-refractivity contribution < 1.29 is 34.8 Å². The van der Waals surface area contributed by atoms with E-state index in [0.29, 0.717) is 12.0 Å². The molecule has 2 fully saturated rings. The number of anilines is 1. The minimum absolute atomic E-state index is 0.118. The second-order valence-electron chi connectivity index (χ2n) is 8.70. The van der Waals surface area contributed by atoms with Crippen molar-refractivity contribution in [3.05, 3.63) is 40.2 Å². The van der Waals surface area contributed by atoms with Crippen LogP contribution in [0.2, 0.25) is 0 Å². The van der Waals surface area contributed by atoms with Crippen LogP contribution in [-0.4, -0.2) is 56.6 Å². The largest absolute Gasteiger partial charge is 0.508 e. The molecule has 1 aliphatic heterocycles. The van der Waals surface area contributed by atoms with E-state index in [1.165, 1.54) is 6.07 Å². The van der Waals surface area contributed by atoms with E-state index in [9.17, 15) is 34.8 Å². The van der Waals surface area contributed by atoms with E-state index < -0.39 is 52.0 Å². The summed E-state index contributed by atoms with van der Waals surface area (Å²) < 4.78 is 0. The van der Waals surface area contributed by atoms with Crippen molar-refractivity contribution in [2.75, 3.05) is 18.0 Å². The lowest BCUT2D eigenvalue weighted by Crippen LogP contribution is -2.58. The summed E-state index contributed by atoms with van der Waals surface area (Å²) in [6, 6.07) is 3.24. The Morgan fingerprint density at radius 3 is 2.45 bits per heavy atom. The molecule has 1 saturated carbocycles. The molecule has 1 aromatic carbocycles. The van der Waals surface area contributed by atoms with E-state index >= 15 is 0 Å². The zero-order valence-electron chi connectivity index (χ0n) is 16.6. The van der Waals surface area contributed by atoms with E-state index in [1.807, 2.05) is 0 Å². The number of primary amides is 1. The molecule has 9 nitrogen and oxygen atoms in total.